The van der Waals surface area contributed by atoms with Crippen LogP contribution >= 0.6 is 11.3 Å². The molecule has 0 saturated carbocycles. The van der Waals surface area contributed by atoms with Crippen LogP contribution in [0.3, 0.4) is 0 Å². The van der Waals surface area contributed by atoms with Crippen LogP contribution in [0, 0.1) is 20.8 Å². The zero-order valence-corrected chi connectivity index (χ0v) is 15.2. The molecule has 0 aliphatic carbocycles. The number of hydrogen-bond donors (Lipinski definition) is 1. The van der Waals surface area contributed by atoms with Gasteiger partial charge >= 0.3 is 0 Å². The monoisotopic (exact) mass is 353 g/mol. The molecule has 0 spiro atoms. The summed E-state index contributed by atoms with van der Waals surface area (Å²) < 4.78 is 5.68. The van der Waals surface area contributed by atoms with Crippen LogP contribution in [0.2, 0.25) is 0 Å². The second-order valence-corrected chi connectivity index (χ2v) is 6.65. The summed E-state index contributed by atoms with van der Waals surface area (Å²) in [4.78, 5) is 20.8. The predicted molar refractivity (Wildman–Crippen MR) is 100 cm³/mol. The Kier molecular flexibility index (Phi) is 5.09. The van der Waals surface area contributed by atoms with E-state index < -0.39 is 0 Å². The molecule has 0 fully saturated rings. The molecule has 25 heavy (non-hydrogen) atoms. The number of amides is 1. The molecule has 1 aromatic carbocycles. The SMILES string of the molecule is Cc1cc(C)c(C)c(OCC(=O)Nc2nc(-c3ccccn3)cs2)c1. The first-order valence-electron chi connectivity index (χ1n) is 7.90. The minimum atomic E-state index is -0.236. The molecule has 1 N–H and O–H groups in total. The van der Waals surface area contributed by atoms with Crippen molar-refractivity contribution in [3.63, 3.8) is 0 Å². The van der Waals surface area contributed by atoms with Crippen molar-refractivity contribution in [1.29, 1.82) is 0 Å². The molecular formula is C19H19N3O2S. The van der Waals surface area contributed by atoms with E-state index >= 15 is 0 Å². The average molecular weight is 353 g/mol. The van der Waals surface area contributed by atoms with Gasteiger partial charge in [-0.1, -0.05) is 12.1 Å². The predicted octanol–water partition coefficient (Wildman–Crippen LogP) is 4.15. The summed E-state index contributed by atoms with van der Waals surface area (Å²) >= 11 is 1.36. The molecule has 0 aliphatic heterocycles. The molecule has 3 aromatic rings. The van der Waals surface area contributed by atoms with Crippen LogP contribution in [0.25, 0.3) is 11.4 Å². The third-order valence-electron chi connectivity index (χ3n) is 3.80. The van der Waals surface area contributed by atoms with Gasteiger partial charge in [-0.3, -0.25) is 15.1 Å². The Morgan fingerprint density at radius 1 is 1.20 bits per heavy atom. The highest BCUT2D eigenvalue weighted by Gasteiger charge is 2.11. The fourth-order valence-corrected chi connectivity index (χ4v) is 3.13. The second-order valence-electron chi connectivity index (χ2n) is 5.79. The van der Waals surface area contributed by atoms with Gasteiger partial charge in [0, 0.05) is 11.6 Å². The van der Waals surface area contributed by atoms with Crippen LogP contribution in [-0.2, 0) is 4.79 Å². The van der Waals surface area contributed by atoms with Crippen LogP contribution in [0.4, 0.5) is 5.13 Å². The molecule has 128 valence electrons. The largest absolute Gasteiger partial charge is 0.483 e. The van der Waals surface area contributed by atoms with Crippen molar-refractivity contribution in [1.82, 2.24) is 9.97 Å². The van der Waals surface area contributed by atoms with Crippen molar-refractivity contribution in [2.45, 2.75) is 20.8 Å². The van der Waals surface area contributed by atoms with E-state index in [1.54, 1.807) is 6.20 Å². The van der Waals surface area contributed by atoms with E-state index in [1.807, 2.05) is 50.4 Å². The fourth-order valence-electron chi connectivity index (χ4n) is 2.41. The quantitative estimate of drug-likeness (QED) is 0.748. The highest BCUT2D eigenvalue weighted by Crippen LogP contribution is 2.24. The summed E-state index contributed by atoms with van der Waals surface area (Å²) in [7, 11) is 0. The number of carbonyl (C=O) groups excluding carboxylic acids is 1. The van der Waals surface area contributed by atoms with Gasteiger partial charge in [-0.25, -0.2) is 4.98 Å². The Bertz CT molecular complexity index is 891. The molecule has 5 nitrogen and oxygen atoms in total. The number of nitrogens with zero attached hydrogens (tertiary/aromatic N) is 2. The first-order chi connectivity index (χ1) is 12.0. The molecule has 0 atom stereocenters. The number of benzene rings is 1. The number of carbonyl (C=O) groups is 1. The maximum atomic E-state index is 12.1. The molecule has 1 amide bonds. The average Bonchev–Trinajstić information content (AvgIpc) is 3.06. The van der Waals surface area contributed by atoms with Crippen molar-refractivity contribution in [2.24, 2.45) is 0 Å². The third-order valence-corrected chi connectivity index (χ3v) is 4.56. The van der Waals surface area contributed by atoms with Gasteiger partial charge in [-0.05, 0) is 55.7 Å². The first-order valence-corrected chi connectivity index (χ1v) is 8.78. The lowest BCUT2D eigenvalue weighted by Gasteiger charge is -2.11. The van der Waals surface area contributed by atoms with Gasteiger partial charge in [0.2, 0.25) is 0 Å². The number of hydrogen-bond acceptors (Lipinski definition) is 5. The molecule has 0 bridgehead atoms. The normalized spacial score (nSPS) is 10.5. The van der Waals surface area contributed by atoms with Gasteiger partial charge in [0.25, 0.3) is 5.91 Å². The number of nitrogens with one attached hydrogen (secondary N) is 1. The Balaban J connectivity index is 1.61. The van der Waals surface area contributed by atoms with Gasteiger partial charge in [0.1, 0.15) is 11.4 Å². The zero-order valence-electron chi connectivity index (χ0n) is 14.4. The maximum Gasteiger partial charge on any atom is 0.264 e. The lowest BCUT2D eigenvalue weighted by molar-refractivity contribution is -0.118. The van der Waals surface area contributed by atoms with Crippen LogP contribution in [-0.4, -0.2) is 22.5 Å². The van der Waals surface area contributed by atoms with Gasteiger partial charge < -0.3 is 4.74 Å². The lowest BCUT2D eigenvalue weighted by Crippen LogP contribution is -2.20. The smallest absolute Gasteiger partial charge is 0.264 e. The Hall–Kier alpha value is -2.73. The maximum absolute atomic E-state index is 12.1. The van der Waals surface area contributed by atoms with Crippen molar-refractivity contribution in [3.05, 3.63) is 58.6 Å². The highest BCUT2D eigenvalue weighted by atomic mass is 32.1. The van der Waals surface area contributed by atoms with Crippen molar-refractivity contribution >= 4 is 22.4 Å². The topological polar surface area (TPSA) is 64.1 Å². The molecule has 3 rings (SSSR count). The summed E-state index contributed by atoms with van der Waals surface area (Å²) in [6.45, 7) is 5.97. The molecule has 0 saturated heterocycles. The van der Waals surface area contributed by atoms with E-state index in [0.717, 1.165) is 33.8 Å². The van der Waals surface area contributed by atoms with Crippen LogP contribution in [0.1, 0.15) is 16.7 Å². The molecule has 6 heteroatoms. The molecule has 2 aromatic heterocycles. The number of ether oxygens (including phenoxy) is 1. The molecular weight excluding hydrogens is 334 g/mol. The molecule has 0 aliphatic rings. The van der Waals surface area contributed by atoms with Gasteiger partial charge in [0.05, 0.1) is 5.69 Å². The Morgan fingerprint density at radius 3 is 2.80 bits per heavy atom. The van der Waals surface area contributed by atoms with E-state index in [2.05, 4.69) is 21.4 Å². The minimum absolute atomic E-state index is 0.0533. The number of rotatable bonds is 5. The van der Waals surface area contributed by atoms with Gasteiger partial charge in [0.15, 0.2) is 11.7 Å². The van der Waals surface area contributed by atoms with Crippen molar-refractivity contribution in [3.8, 4) is 17.1 Å². The molecule has 0 radical (unpaired) electrons. The summed E-state index contributed by atoms with van der Waals surface area (Å²) in [5.41, 5.74) is 4.83. The number of anilines is 1. The molecule has 2 heterocycles. The van der Waals surface area contributed by atoms with E-state index in [1.165, 1.54) is 11.3 Å². The zero-order chi connectivity index (χ0) is 17.8. The van der Waals surface area contributed by atoms with Gasteiger partial charge in [-0.15, -0.1) is 11.3 Å². The number of pyridine rings is 1. The van der Waals surface area contributed by atoms with Crippen LogP contribution < -0.4 is 10.1 Å². The van der Waals surface area contributed by atoms with E-state index in [-0.39, 0.29) is 12.5 Å². The standard InChI is InChI=1S/C19H19N3O2S/c1-12-8-13(2)14(3)17(9-12)24-10-18(23)22-19-21-16(11-25-19)15-6-4-5-7-20-15/h4-9,11H,10H2,1-3H3,(H,21,22,23). The summed E-state index contributed by atoms with van der Waals surface area (Å²) in [5.74, 6) is 0.501. The van der Waals surface area contributed by atoms with Crippen molar-refractivity contribution < 1.29 is 9.53 Å². The number of aryl methyl sites for hydroxylation is 2. The Labute approximate surface area is 150 Å². The fraction of sp³-hybridized carbons (Fsp3) is 0.211. The third kappa shape index (κ3) is 4.22. The first kappa shape index (κ1) is 17.1. The van der Waals surface area contributed by atoms with E-state index in [0.29, 0.717) is 5.13 Å². The second kappa shape index (κ2) is 7.44. The summed E-state index contributed by atoms with van der Waals surface area (Å²) in [5, 5.41) is 5.17. The number of aromatic nitrogens is 2. The van der Waals surface area contributed by atoms with Crippen molar-refractivity contribution in [2.75, 3.05) is 11.9 Å². The lowest BCUT2D eigenvalue weighted by atomic mass is 10.1. The minimum Gasteiger partial charge on any atom is -0.483 e. The Morgan fingerprint density at radius 2 is 2.04 bits per heavy atom. The van der Waals surface area contributed by atoms with E-state index in [4.69, 9.17) is 4.74 Å². The number of thiazole rings is 1. The van der Waals surface area contributed by atoms with Crippen LogP contribution in [0.15, 0.2) is 41.9 Å². The summed E-state index contributed by atoms with van der Waals surface area (Å²) in [6, 6.07) is 9.67. The molecule has 0 unspecified atom stereocenters. The van der Waals surface area contributed by atoms with Crippen LogP contribution in [0.5, 0.6) is 5.75 Å². The summed E-state index contributed by atoms with van der Waals surface area (Å²) in [6.07, 6.45) is 1.72. The van der Waals surface area contributed by atoms with Gasteiger partial charge in [-0.2, -0.15) is 0 Å². The van der Waals surface area contributed by atoms with E-state index in [9.17, 15) is 4.79 Å². The highest BCUT2D eigenvalue weighted by molar-refractivity contribution is 7.14.